The number of aromatic hydroxyl groups is 1. The molecule has 170 valence electrons. The first-order valence-corrected chi connectivity index (χ1v) is 10.3. The van der Waals surface area contributed by atoms with Crippen LogP contribution in [-0.4, -0.2) is 36.2 Å². The lowest BCUT2D eigenvalue weighted by molar-refractivity contribution is -0.116. The summed E-state index contributed by atoms with van der Waals surface area (Å²) in [5.41, 5.74) is 1.32. The first-order chi connectivity index (χ1) is 15.3. The minimum atomic E-state index is -0.659. The standard InChI is InChI=1S/C25H28FNO5/c1-4-6-23(29)27-13-5-7-19-15-21(16-22(28)24(19)25(30)32-17(2)3)31-14-12-18-8-10-20(26)11-9-18/h4-11,15-17,28H,12-14H2,1-3H3,(H,27,29)/b6-4+,7-5+. The predicted molar refractivity (Wildman–Crippen MR) is 121 cm³/mol. The molecule has 0 saturated carbocycles. The number of carbonyl (C=O) groups excluding carboxylic acids is 2. The van der Waals surface area contributed by atoms with Gasteiger partial charge in [-0.1, -0.05) is 30.4 Å². The van der Waals surface area contributed by atoms with Gasteiger partial charge in [0.2, 0.25) is 5.91 Å². The lowest BCUT2D eigenvalue weighted by Gasteiger charge is -2.14. The molecule has 0 aliphatic heterocycles. The van der Waals surface area contributed by atoms with Crippen LogP contribution in [0.4, 0.5) is 4.39 Å². The summed E-state index contributed by atoms with van der Waals surface area (Å²) in [6.07, 6.45) is 6.49. The average molecular weight is 441 g/mol. The minimum absolute atomic E-state index is 0.0145. The van der Waals surface area contributed by atoms with Crippen LogP contribution in [-0.2, 0) is 16.0 Å². The molecule has 2 N–H and O–H groups in total. The molecule has 0 aromatic heterocycles. The van der Waals surface area contributed by atoms with Crippen LogP contribution in [0.15, 0.2) is 54.6 Å². The molecular weight excluding hydrogens is 413 g/mol. The Labute approximate surface area is 187 Å². The van der Waals surface area contributed by atoms with E-state index in [9.17, 15) is 19.1 Å². The van der Waals surface area contributed by atoms with Gasteiger partial charge in [-0.15, -0.1) is 0 Å². The first-order valence-electron chi connectivity index (χ1n) is 10.3. The lowest BCUT2D eigenvalue weighted by atomic mass is 10.0. The first kappa shape index (κ1) is 24.7. The van der Waals surface area contributed by atoms with Crippen LogP contribution in [0.1, 0.15) is 42.3 Å². The number of carbonyl (C=O) groups is 2. The van der Waals surface area contributed by atoms with Gasteiger partial charge < -0.3 is 19.9 Å². The van der Waals surface area contributed by atoms with Gasteiger partial charge in [-0.3, -0.25) is 4.79 Å². The molecule has 0 heterocycles. The Bertz CT molecular complexity index is 981. The van der Waals surface area contributed by atoms with Crippen LogP contribution in [0, 0.1) is 5.82 Å². The molecule has 0 unspecified atom stereocenters. The smallest absolute Gasteiger partial charge is 0.342 e. The van der Waals surface area contributed by atoms with Gasteiger partial charge in [0.25, 0.3) is 0 Å². The zero-order valence-corrected chi connectivity index (χ0v) is 18.4. The number of halogens is 1. The van der Waals surface area contributed by atoms with Crippen LogP contribution in [0.3, 0.4) is 0 Å². The highest BCUT2D eigenvalue weighted by Crippen LogP contribution is 2.30. The molecule has 6 nitrogen and oxygen atoms in total. The summed E-state index contributed by atoms with van der Waals surface area (Å²) >= 11 is 0. The molecule has 0 radical (unpaired) electrons. The number of rotatable bonds is 10. The largest absolute Gasteiger partial charge is 0.507 e. The van der Waals surface area contributed by atoms with E-state index in [4.69, 9.17) is 9.47 Å². The molecule has 1 amide bonds. The van der Waals surface area contributed by atoms with Gasteiger partial charge >= 0.3 is 5.97 Å². The molecule has 7 heteroatoms. The molecule has 0 aliphatic carbocycles. The summed E-state index contributed by atoms with van der Waals surface area (Å²) < 4.78 is 24.0. The van der Waals surface area contributed by atoms with Crippen molar-refractivity contribution in [2.45, 2.75) is 33.3 Å². The van der Waals surface area contributed by atoms with Crippen molar-refractivity contribution in [3.05, 3.63) is 77.1 Å². The van der Waals surface area contributed by atoms with E-state index in [0.29, 0.717) is 24.3 Å². The van der Waals surface area contributed by atoms with Crippen LogP contribution in [0.2, 0.25) is 0 Å². The molecule has 2 rings (SSSR count). The van der Waals surface area contributed by atoms with Gasteiger partial charge in [-0.2, -0.15) is 0 Å². The van der Waals surface area contributed by atoms with Crippen molar-refractivity contribution in [1.82, 2.24) is 5.32 Å². The van der Waals surface area contributed by atoms with Gasteiger partial charge in [0, 0.05) is 19.0 Å². The Balaban J connectivity index is 2.17. The Morgan fingerprint density at radius 1 is 1.19 bits per heavy atom. The maximum atomic E-state index is 13.0. The van der Waals surface area contributed by atoms with E-state index in [1.807, 2.05) is 0 Å². The Hall–Kier alpha value is -3.61. The molecule has 0 saturated heterocycles. The summed E-state index contributed by atoms with van der Waals surface area (Å²) in [4.78, 5) is 24.0. The number of benzene rings is 2. The molecule has 0 fully saturated rings. The van der Waals surface area contributed by atoms with Crippen molar-refractivity contribution < 1.29 is 28.6 Å². The topological polar surface area (TPSA) is 84.9 Å². The van der Waals surface area contributed by atoms with Gasteiger partial charge in [-0.25, -0.2) is 9.18 Å². The van der Waals surface area contributed by atoms with Crippen molar-refractivity contribution in [3.63, 3.8) is 0 Å². The third-order valence-corrected chi connectivity index (χ3v) is 4.25. The van der Waals surface area contributed by atoms with Crippen molar-refractivity contribution in [2.24, 2.45) is 0 Å². The number of ether oxygens (including phenoxy) is 2. The summed E-state index contributed by atoms with van der Waals surface area (Å²) in [6, 6.07) is 9.09. The Morgan fingerprint density at radius 3 is 2.56 bits per heavy atom. The number of nitrogens with one attached hydrogen (secondary N) is 1. The van der Waals surface area contributed by atoms with Crippen molar-refractivity contribution in [1.29, 1.82) is 0 Å². The second-order valence-electron chi connectivity index (χ2n) is 7.23. The summed E-state index contributed by atoms with van der Waals surface area (Å²) in [5, 5.41) is 13.2. The number of hydrogen-bond donors (Lipinski definition) is 2. The zero-order chi connectivity index (χ0) is 23.5. The molecular formula is C25H28FNO5. The van der Waals surface area contributed by atoms with Crippen LogP contribution in [0.25, 0.3) is 6.08 Å². The summed E-state index contributed by atoms with van der Waals surface area (Å²) in [6.45, 7) is 5.70. The van der Waals surface area contributed by atoms with E-state index in [0.717, 1.165) is 5.56 Å². The van der Waals surface area contributed by atoms with Crippen molar-refractivity contribution >= 4 is 18.0 Å². The molecule has 32 heavy (non-hydrogen) atoms. The molecule has 0 spiro atoms. The Kier molecular flexibility index (Phi) is 9.47. The van der Waals surface area contributed by atoms with E-state index >= 15 is 0 Å². The van der Waals surface area contributed by atoms with E-state index in [2.05, 4.69) is 5.32 Å². The highest BCUT2D eigenvalue weighted by atomic mass is 19.1. The third-order valence-electron chi connectivity index (χ3n) is 4.25. The van der Waals surface area contributed by atoms with Crippen molar-refractivity contribution in [2.75, 3.05) is 13.2 Å². The number of amides is 1. The monoisotopic (exact) mass is 441 g/mol. The van der Waals surface area contributed by atoms with Crippen LogP contribution < -0.4 is 10.1 Å². The molecule has 2 aromatic carbocycles. The van der Waals surface area contributed by atoms with Gasteiger partial charge in [0.15, 0.2) is 0 Å². The molecule has 2 aromatic rings. The fourth-order valence-electron chi connectivity index (χ4n) is 2.83. The molecule has 0 atom stereocenters. The Morgan fingerprint density at radius 2 is 1.91 bits per heavy atom. The normalized spacial score (nSPS) is 11.3. The van der Waals surface area contributed by atoms with Crippen LogP contribution in [0.5, 0.6) is 11.5 Å². The minimum Gasteiger partial charge on any atom is -0.507 e. The highest BCUT2D eigenvalue weighted by Gasteiger charge is 2.19. The number of phenols is 1. The lowest BCUT2D eigenvalue weighted by Crippen LogP contribution is -2.20. The predicted octanol–water partition coefficient (Wildman–Crippen LogP) is 4.42. The summed E-state index contributed by atoms with van der Waals surface area (Å²) in [5.74, 6) is -1.11. The number of phenolic OH excluding ortho intramolecular Hbond substituents is 1. The zero-order valence-electron chi connectivity index (χ0n) is 18.4. The van der Waals surface area contributed by atoms with E-state index in [1.165, 1.54) is 24.3 Å². The maximum Gasteiger partial charge on any atom is 0.342 e. The van der Waals surface area contributed by atoms with E-state index < -0.39 is 5.97 Å². The molecule has 0 aliphatic rings. The third kappa shape index (κ3) is 7.91. The van der Waals surface area contributed by atoms with Crippen molar-refractivity contribution in [3.8, 4) is 11.5 Å². The summed E-state index contributed by atoms with van der Waals surface area (Å²) in [7, 11) is 0. The number of allylic oxidation sites excluding steroid dienone is 1. The second kappa shape index (κ2) is 12.3. The second-order valence-corrected chi connectivity index (χ2v) is 7.23. The fraction of sp³-hybridized carbons (Fsp3) is 0.280. The van der Waals surface area contributed by atoms with Gasteiger partial charge in [-0.05, 0) is 56.2 Å². The number of esters is 1. The number of hydrogen-bond acceptors (Lipinski definition) is 5. The van der Waals surface area contributed by atoms with Gasteiger partial charge in [0.1, 0.15) is 22.9 Å². The van der Waals surface area contributed by atoms with E-state index in [-0.39, 0.29) is 35.7 Å². The average Bonchev–Trinajstić information content (AvgIpc) is 2.72. The van der Waals surface area contributed by atoms with Crippen LogP contribution >= 0.6 is 0 Å². The highest BCUT2D eigenvalue weighted by molar-refractivity contribution is 5.97. The SMILES string of the molecule is C/C=C/C(=O)NC/C=C/c1cc(OCCc2ccc(F)cc2)cc(O)c1C(=O)OC(C)C. The van der Waals surface area contributed by atoms with Gasteiger partial charge in [0.05, 0.1) is 12.7 Å². The molecule has 0 bridgehead atoms. The van der Waals surface area contributed by atoms with E-state index in [1.54, 1.807) is 57.2 Å². The maximum absolute atomic E-state index is 13.0. The fourth-order valence-corrected chi connectivity index (χ4v) is 2.83. The quantitative estimate of drug-likeness (QED) is 0.421.